The summed E-state index contributed by atoms with van der Waals surface area (Å²) in [5, 5.41) is 6.27. The minimum absolute atomic E-state index is 0.245. The zero-order valence-corrected chi connectivity index (χ0v) is 28.2. The molecule has 2 heterocycles. The van der Waals surface area contributed by atoms with Crippen LogP contribution in [-0.4, -0.2) is 49.1 Å². The van der Waals surface area contributed by atoms with Gasteiger partial charge in [-0.2, -0.15) is 0 Å². The fourth-order valence-corrected chi connectivity index (χ4v) is 5.93. The number of nitrogens with zero attached hydrogens (tertiary/aromatic N) is 1. The average molecular weight is 664 g/mol. The number of carbonyl (C=O) groups is 2. The number of nitrogens with one attached hydrogen (secondary N) is 2. The Labute approximate surface area is 282 Å². The molecule has 1 atom stereocenters. The molecule has 5 rings (SSSR count). The molecular weight excluding hydrogens is 618 g/mol. The van der Waals surface area contributed by atoms with E-state index in [4.69, 9.17) is 30.5 Å². The van der Waals surface area contributed by atoms with Gasteiger partial charge in [-0.1, -0.05) is 60.8 Å². The van der Waals surface area contributed by atoms with Crippen molar-refractivity contribution in [3.63, 3.8) is 0 Å². The highest BCUT2D eigenvalue weighted by molar-refractivity contribution is 6.30. The summed E-state index contributed by atoms with van der Waals surface area (Å²) < 4.78 is 23.2. The molecule has 0 radical (unpaired) electrons. The number of carbonyl (C=O) groups excluding carboxylic acids is 2. The average Bonchev–Trinajstić information content (AvgIpc) is 3.42. The standard InChI is InChI=1S/C37H46ClN3O6/c1-37(2)45-26-30-22-29(16-17-33(30)47-37)34-25-41(36(43)46-34)18-6-3-4-7-19-44-20-8-5-11-27-12-9-13-28(21-27)24-39-35(42)40-32-15-10-14-31(38)23-32/h9-10,12-17,21-23,34H,3-8,11,18-20,24-26H2,1-2H3,(H2,39,40,42)/t34-/m0/s1. The Morgan fingerprint density at radius 1 is 0.957 bits per heavy atom. The SMILES string of the molecule is CC1(C)OCc2cc([C@@H]3CN(CCCCCCOCCCCc4cccc(CNC(=O)Nc5cccc(Cl)c5)c4)C(=O)O3)ccc2O1. The number of benzene rings is 3. The summed E-state index contributed by atoms with van der Waals surface area (Å²) in [4.78, 5) is 26.5. The van der Waals surface area contributed by atoms with Crippen LogP contribution in [0.1, 0.15) is 80.7 Å². The highest BCUT2D eigenvalue weighted by atomic mass is 35.5. The van der Waals surface area contributed by atoms with E-state index in [2.05, 4.69) is 22.8 Å². The van der Waals surface area contributed by atoms with Gasteiger partial charge in [0.1, 0.15) is 11.9 Å². The van der Waals surface area contributed by atoms with Gasteiger partial charge in [-0.25, -0.2) is 9.59 Å². The summed E-state index contributed by atoms with van der Waals surface area (Å²) in [5.41, 5.74) is 4.92. The number of aryl methyl sites for hydroxylation is 1. The molecule has 2 aliphatic heterocycles. The van der Waals surface area contributed by atoms with E-state index in [1.54, 1.807) is 24.3 Å². The van der Waals surface area contributed by atoms with E-state index in [0.717, 1.165) is 80.6 Å². The Bertz CT molecular complexity index is 1500. The second-order valence-electron chi connectivity index (χ2n) is 12.6. The molecule has 0 aliphatic carbocycles. The van der Waals surface area contributed by atoms with Crippen LogP contribution in [0.3, 0.4) is 0 Å². The lowest BCUT2D eigenvalue weighted by molar-refractivity contribution is -0.180. The Hall–Kier alpha value is -3.79. The molecule has 0 saturated carbocycles. The first-order valence-electron chi connectivity index (χ1n) is 16.6. The van der Waals surface area contributed by atoms with Crippen molar-refractivity contribution in [2.75, 3.05) is 31.6 Å². The van der Waals surface area contributed by atoms with E-state index in [0.29, 0.717) is 37.0 Å². The molecular formula is C37H46ClN3O6. The molecule has 0 aromatic heterocycles. The van der Waals surface area contributed by atoms with Gasteiger partial charge in [0.15, 0.2) is 0 Å². The van der Waals surface area contributed by atoms with Gasteiger partial charge in [-0.3, -0.25) is 0 Å². The predicted molar refractivity (Wildman–Crippen MR) is 183 cm³/mol. The normalized spacial score (nSPS) is 16.7. The number of hydrogen-bond donors (Lipinski definition) is 2. The maximum absolute atomic E-state index is 12.5. The molecule has 0 unspecified atom stereocenters. The smallest absolute Gasteiger partial charge is 0.410 e. The van der Waals surface area contributed by atoms with Gasteiger partial charge in [-0.05, 0) is 79.1 Å². The third kappa shape index (κ3) is 10.9. The summed E-state index contributed by atoms with van der Waals surface area (Å²) in [6, 6.07) is 21.1. The first kappa shape index (κ1) is 34.5. The number of anilines is 1. The van der Waals surface area contributed by atoms with Gasteiger partial charge in [0, 0.05) is 56.4 Å². The van der Waals surface area contributed by atoms with Gasteiger partial charge in [-0.15, -0.1) is 0 Å². The van der Waals surface area contributed by atoms with Crippen LogP contribution in [0.5, 0.6) is 5.75 Å². The number of ether oxygens (including phenoxy) is 4. The van der Waals surface area contributed by atoms with Crippen LogP contribution in [-0.2, 0) is 33.8 Å². The van der Waals surface area contributed by atoms with Gasteiger partial charge in [0.2, 0.25) is 5.79 Å². The molecule has 3 aromatic rings. The lowest BCUT2D eigenvalue weighted by atomic mass is 10.0. The van der Waals surface area contributed by atoms with Gasteiger partial charge in [0.05, 0.1) is 13.2 Å². The van der Waals surface area contributed by atoms with E-state index in [1.807, 2.05) is 49.1 Å². The second-order valence-corrected chi connectivity index (χ2v) is 13.0. The lowest BCUT2D eigenvalue weighted by Crippen LogP contribution is -2.35. The topological polar surface area (TPSA) is 98.4 Å². The van der Waals surface area contributed by atoms with Crippen LogP contribution >= 0.6 is 11.6 Å². The van der Waals surface area contributed by atoms with Crippen molar-refractivity contribution >= 4 is 29.4 Å². The highest BCUT2D eigenvalue weighted by Gasteiger charge is 2.33. The fourth-order valence-electron chi connectivity index (χ4n) is 5.74. The van der Waals surface area contributed by atoms with E-state index in [9.17, 15) is 9.59 Å². The zero-order valence-electron chi connectivity index (χ0n) is 27.4. The maximum Gasteiger partial charge on any atom is 0.410 e. The Morgan fingerprint density at radius 3 is 2.60 bits per heavy atom. The number of hydrogen-bond acceptors (Lipinski definition) is 6. The van der Waals surface area contributed by atoms with Gasteiger partial charge in [0.25, 0.3) is 0 Å². The molecule has 47 heavy (non-hydrogen) atoms. The quantitative estimate of drug-likeness (QED) is 0.149. The van der Waals surface area contributed by atoms with Crippen LogP contribution < -0.4 is 15.4 Å². The van der Waals surface area contributed by atoms with Crippen molar-refractivity contribution in [3.05, 3.63) is 94.0 Å². The van der Waals surface area contributed by atoms with E-state index in [1.165, 1.54) is 5.56 Å². The second kappa shape index (κ2) is 16.9. The molecule has 3 amide bonds. The monoisotopic (exact) mass is 663 g/mol. The van der Waals surface area contributed by atoms with Crippen molar-refractivity contribution in [2.24, 2.45) is 0 Å². The summed E-state index contributed by atoms with van der Waals surface area (Å²) in [6.07, 6.45) is 6.60. The van der Waals surface area contributed by atoms with Crippen molar-refractivity contribution in [1.29, 1.82) is 0 Å². The predicted octanol–water partition coefficient (Wildman–Crippen LogP) is 8.40. The number of halogens is 1. The number of cyclic esters (lactones) is 1. The van der Waals surface area contributed by atoms with Crippen molar-refractivity contribution < 1.29 is 28.5 Å². The van der Waals surface area contributed by atoms with Crippen molar-refractivity contribution in [2.45, 2.75) is 83.8 Å². The fraction of sp³-hybridized carbons (Fsp3) is 0.459. The molecule has 2 aliphatic rings. The summed E-state index contributed by atoms with van der Waals surface area (Å²) >= 11 is 5.98. The molecule has 2 N–H and O–H groups in total. The van der Waals surface area contributed by atoms with Crippen LogP contribution in [0.2, 0.25) is 5.02 Å². The van der Waals surface area contributed by atoms with E-state index in [-0.39, 0.29) is 18.2 Å². The van der Waals surface area contributed by atoms with Crippen LogP contribution in [0.15, 0.2) is 66.7 Å². The Balaban J connectivity index is 0.877. The molecule has 0 spiro atoms. The number of unbranched alkanes of at least 4 members (excludes halogenated alkanes) is 4. The molecule has 3 aromatic carbocycles. The molecule has 10 heteroatoms. The summed E-state index contributed by atoms with van der Waals surface area (Å²) in [6.45, 7) is 7.51. The number of rotatable bonds is 16. The number of amides is 3. The summed E-state index contributed by atoms with van der Waals surface area (Å²) in [5.74, 6) is 0.190. The van der Waals surface area contributed by atoms with Crippen LogP contribution in [0.4, 0.5) is 15.3 Å². The zero-order chi connectivity index (χ0) is 33.1. The third-order valence-electron chi connectivity index (χ3n) is 8.27. The largest absolute Gasteiger partial charge is 0.463 e. The van der Waals surface area contributed by atoms with E-state index < -0.39 is 5.79 Å². The number of fused-ring (bicyclic) bond motifs is 1. The molecule has 1 saturated heterocycles. The van der Waals surface area contributed by atoms with Gasteiger partial charge < -0.3 is 34.5 Å². The lowest BCUT2D eigenvalue weighted by Gasteiger charge is -2.32. The van der Waals surface area contributed by atoms with E-state index >= 15 is 0 Å². The highest BCUT2D eigenvalue weighted by Crippen LogP contribution is 2.35. The molecule has 9 nitrogen and oxygen atoms in total. The number of urea groups is 1. The Kier molecular flexibility index (Phi) is 12.4. The Morgan fingerprint density at radius 2 is 1.74 bits per heavy atom. The van der Waals surface area contributed by atoms with Crippen LogP contribution in [0, 0.1) is 0 Å². The first-order chi connectivity index (χ1) is 22.7. The third-order valence-corrected chi connectivity index (χ3v) is 8.51. The van der Waals surface area contributed by atoms with Gasteiger partial charge >= 0.3 is 12.1 Å². The first-order valence-corrected chi connectivity index (χ1v) is 17.0. The molecule has 1 fully saturated rings. The molecule has 0 bridgehead atoms. The minimum atomic E-state index is -0.631. The van der Waals surface area contributed by atoms with Crippen LogP contribution in [0.25, 0.3) is 0 Å². The minimum Gasteiger partial charge on any atom is -0.463 e. The molecule has 252 valence electrons. The van der Waals surface area contributed by atoms with Crippen molar-refractivity contribution in [1.82, 2.24) is 10.2 Å². The summed E-state index contributed by atoms with van der Waals surface area (Å²) in [7, 11) is 0. The van der Waals surface area contributed by atoms with Crippen molar-refractivity contribution in [3.8, 4) is 5.75 Å². The maximum atomic E-state index is 12.5.